The standard InChI is InChI=1S/C31H31NO5S/c1-3-36-30(34)31(17-18-31)26-15-13-24(14-16-26)23-9-11-25(12-10-23)29-28(21(2)32-37-29)27(33)20-38(35)19-22-7-5-4-6-8-22/h4-16,27,33H,3,17-20H2,1-2H3/t27?,38-/m0/s1. The van der Waals surface area contributed by atoms with Crippen LogP contribution in [0.3, 0.4) is 0 Å². The number of rotatable bonds is 10. The van der Waals surface area contributed by atoms with Crippen LogP contribution in [0.1, 0.15) is 48.3 Å². The predicted molar refractivity (Wildman–Crippen MR) is 148 cm³/mol. The highest BCUT2D eigenvalue weighted by molar-refractivity contribution is 7.84. The summed E-state index contributed by atoms with van der Waals surface area (Å²) >= 11 is 0. The molecular formula is C31H31NO5S. The number of aryl methyl sites for hydroxylation is 1. The maximum atomic E-state index is 12.7. The van der Waals surface area contributed by atoms with E-state index in [0.29, 0.717) is 29.4 Å². The van der Waals surface area contributed by atoms with Gasteiger partial charge in [-0.25, -0.2) is 0 Å². The van der Waals surface area contributed by atoms with Crippen molar-refractivity contribution < 1.29 is 23.4 Å². The lowest BCUT2D eigenvalue weighted by molar-refractivity contribution is -0.146. The third kappa shape index (κ3) is 5.35. The molecule has 1 heterocycles. The molecule has 196 valence electrons. The van der Waals surface area contributed by atoms with Crippen molar-refractivity contribution in [2.75, 3.05) is 12.4 Å². The Labute approximate surface area is 225 Å². The third-order valence-electron chi connectivity index (χ3n) is 7.09. The second kappa shape index (κ2) is 11.1. The minimum atomic E-state index is -1.24. The van der Waals surface area contributed by atoms with E-state index in [1.54, 1.807) is 6.92 Å². The molecule has 5 rings (SSSR count). The van der Waals surface area contributed by atoms with E-state index in [2.05, 4.69) is 5.16 Å². The van der Waals surface area contributed by atoms with E-state index in [1.165, 1.54) is 0 Å². The lowest BCUT2D eigenvalue weighted by Gasteiger charge is -2.15. The first kappa shape index (κ1) is 26.1. The predicted octanol–water partition coefficient (Wildman–Crippen LogP) is 5.89. The van der Waals surface area contributed by atoms with E-state index < -0.39 is 22.3 Å². The summed E-state index contributed by atoms with van der Waals surface area (Å²) in [5.74, 6) is 0.827. The van der Waals surface area contributed by atoms with Gasteiger partial charge in [0.2, 0.25) is 0 Å². The molecule has 2 atom stereocenters. The molecule has 1 saturated carbocycles. The highest BCUT2D eigenvalue weighted by Crippen LogP contribution is 2.49. The first-order valence-corrected chi connectivity index (χ1v) is 14.3. The molecule has 4 aromatic rings. The number of esters is 1. The molecule has 0 bridgehead atoms. The van der Waals surface area contributed by atoms with Gasteiger partial charge in [-0.2, -0.15) is 0 Å². The van der Waals surface area contributed by atoms with Crippen LogP contribution in [0, 0.1) is 6.92 Å². The zero-order valence-corrected chi connectivity index (χ0v) is 22.4. The lowest BCUT2D eigenvalue weighted by atomic mass is 9.93. The fourth-order valence-electron chi connectivity index (χ4n) is 4.86. The Bertz CT molecular complexity index is 1420. The van der Waals surface area contributed by atoms with E-state index in [9.17, 15) is 14.1 Å². The molecule has 0 spiro atoms. The second-order valence-corrected chi connectivity index (χ2v) is 11.2. The monoisotopic (exact) mass is 529 g/mol. The zero-order chi connectivity index (χ0) is 26.7. The Morgan fingerprint density at radius 3 is 2.21 bits per heavy atom. The molecule has 0 radical (unpaired) electrons. The minimum absolute atomic E-state index is 0.0989. The van der Waals surface area contributed by atoms with Crippen molar-refractivity contribution in [1.29, 1.82) is 0 Å². The SMILES string of the molecule is CCOC(=O)C1(c2ccc(-c3ccc(-c4onc(C)c4C(O)C[S@@](=O)Cc4ccccc4)cc3)cc2)CC1. The van der Waals surface area contributed by atoms with Crippen molar-refractivity contribution in [3.05, 3.63) is 101 Å². The second-order valence-electron chi connectivity index (χ2n) is 9.72. The largest absolute Gasteiger partial charge is 0.465 e. The number of nitrogens with zero attached hydrogens (tertiary/aromatic N) is 1. The Morgan fingerprint density at radius 1 is 1.00 bits per heavy atom. The fraction of sp³-hybridized carbons (Fsp3) is 0.290. The average molecular weight is 530 g/mol. The van der Waals surface area contributed by atoms with E-state index in [4.69, 9.17) is 9.26 Å². The number of ether oxygens (including phenoxy) is 1. The smallest absolute Gasteiger partial charge is 0.316 e. The first-order chi connectivity index (χ1) is 18.4. The molecular weight excluding hydrogens is 498 g/mol. The first-order valence-electron chi connectivity index (χ1n) is 12.8. The van der Waals surface area contributed by atoms with Crippen molar-refractivity contribution >= 4 is 16.8 Å². The molecule has 0 amide bonds. The molecule has 1 aromatic heterocycles. The number of aliphatic hydroxyl groups excluding tert-OH is 1. The average Bonchev–Trinajstić information content (AvgIpc) is 3.65. The molecule has 3 aromatic carbocycles. The Balaban J connectivity index is 1.30. The highest BCUT2D eigenvalue weighted by atomic mass is 32.2. The summed E-state index contributed by atoms with van der Waals surface area (Å²) in [5, 5.41) is 15.0. The normalized spacial score (nSPS) is 15.6. The molecule has 1 aliphatic rings. The van der Waals surface area contributed by atoms with Gasteiger partial charge in [0.25, 0.3) is 0 Å². The molecule has 7 heteroatoms. The van der Waals surface area contributed by atoms with E-state index >= 15 is 0 Å². The summed E-state index contributed by atoms with van der Waals surface area (Å²) in [6.07, 6.45) is 0.691. The van der Waals surface area contributed by atoms with Gasteiger partial charge in [-0.1, -0.05) is 84.0 Å². The zero-order valence-electron chi connectivity index (χ0n) is 21.6. The highest BCUT2D eigenvalue weighted by Gasteiger charge is 2.52. The van der Waals surface area contributed by atoms with E-state index in [0.717, 1.165) is 40.7 Å². The van der Waals surface area contributed by atoms with Crippen LogP contribution in [-0.2, 0) is 31.5 Å². The molecule has 0 aliphatic heterocycles. The number of carbonyl (C=O) groups excluding carboxylic acids is 1. The quantitative estimate of drug-likeness (QED) is 0.258. The molecule has 0 saturated heterocycles. The van der Waals surface area contributed by atoms with Crippen LogP contribution in [0.4, 0.5) is 0 Å². The number of aliphatic hydroxyl groups is 1. The Kier molecular flexibility index (Phi) is 7.58. The molecule has 1 unspecified atom stereocenters. The summed E-state index contributed by atoms with van der Waals surface area (Å²) in [7, 11) is -1.24. The van der Waals surface area contributed by atoms with Crippen molar-refractivity contribution in [1.82, 2.24) is 5.16 Å². The van der Waals surface area contributed by atoms with Gasteiger partial charge in [0.1, 0.15) is 0 Å². The van der Waals surface area contributed by atoms with Gasteiger partial charge in [-0.3, -0.25) is 9.00 Å². The van der Waals surface area contributed by atoms with Gasteiger partial charge in [0, 0.05) is 22.1 Å². The minimum Gasteiger partial charge on any atom is -0.465 e. The fourth-order valence-corrected chi connectivity index (χ4v) is 6.06. The number of hydrogen-bond acceptors (Lipinski definition) is 6. The number of hydrogen-bond donors (Lipinski definition) is 1. The van der Waals surface area contributed by atoms with Gasteiger partial charge in [-0.05, 0) is 48.9 Å². The lowest BCUT2D eigenvalue weighted by Crippen LogP contribution is -2.23. The van der Waals surface area contributed by atoms with E-state index in [1.807, 2.05) is 85.8 Å². The van der Waals surface area contributed by atoms with Gasteiger partial charge >= 0.3 is 5.97 Å². The summed E-state index contributed by atoms with van der Waals surface area (Å²) in [6, 6.07) is 25.5. The van der Waals surface area contributed by atoms with E-state index in [-0.39, 0.29) is 11.7 Å². The van der Waals surface area contributed by atoms with Gasteiger partial charge in [0.15, 0.2) is 5.76 Å². The maximum absolute atomic E-state index is 12.7. The van der Waals surface area contributed by atoms with Crippen LogP contribution in [0.5, 0.6) is 0 Å². The summed E-state index contributed by atoms with van der Waals surface area (Å²) < 4.78 is 23.6. The summed E-state index contributed by atoms with van der Waals surface area (Å²) in [4.78, 5) is 12.4. The van der Waals surface area contributed by atoms with Crippen LogP contribution >= 0.6 is 0 Å². The maximum Gasteiger partial charge on any atom is 0.316 e. The molecule has 1 N–H and O–H groups in total. The number of aromatic nitrogens is 1. The van der Waals surface area contributed by atoms with Crippen molar-refractivity contribution in [2.24, 2.45) is 0 Å². The molecule has 6 nitrogen and oxygen atoms in total. The number of benzene rings is 3. The van der Waals surface area contributed by atoms with Gasteiger partial charge in [-0.15, -0.1) is 0 Å². The van der Waals surface area contributed by atoms with Crippen molar-refractivity contribution in [2.45, 2.75) is 44.0 Å². The van der Waals surface area contributed by atoms with Gasteiger partial charge in [0.05, 0.1) is 35.1 Å². The van der Waals surface area contributed by atoms with Gasteiger partial charge < -0.3 is 14.4 Å². The Hall–Kier alpha value is -3.55. The summed E-state index contributed by atoms with van der Waals surface area (Å²) in [6.45, 7) is 4.00. The summed E-state index contributed by atoms with van der Waals surface area (Å²) in [5.41, 5.74) is 5.47. The number of carbonyl (C=O) groups is 1. The van der Waals surface area contributed by atoms with Crippen molar-refractivity contribution in [3.63, 3.8) is 0 Å². The Morgan fingerprint density at radius 2 is 1.61 bits per heavy atom. The van der Waals surface area contributed by atoms with Crippen LogP contribution in [0.25, 0.3) is 22.5 Å². The van der Waals surface area contributed by atoms with Crippen LogP contribution in [0.2, 0.25) is 0 Å². The van der Waals surface area contributed by atoms with Crippen molar-refractivity contribution in [3.8, 4) is 22.5 Å². The molecule has 38 heavy (non-hydrogen) atoms. The van der Waals surface area contributed by atoms with Crippen LogP contribution in [-0.4, -0.2) is 32.8 Å². The third-order valence-corrected chi connectivity index (χ3v) is 8.43. The molecule has 1 aliphatic carbocycles. The molecule has 1 fully saturated rings. The van der Waals surface area contributed by atoms with Crippen LogP contribution in [0.15, 0.2) is 83.4 Å². The van der Waals surface area contributed by atoms with Crippen LogP contribution < -0.4 is 0 Å². The topological polar surface area (TPSA) is 89.6 Å².